The molecule has 0 radical (unpaired) electrons. The van der Waals surface area contributed by atoms with E-state index >= 15 is 0 Å². The molecule has 22 heavy (non-hydrogen) atoms. The van der Waals surface area contributed by atoms with Crippen LogP contribution in [0, 0.1) is 6.92 Å². The van der Waals surface area contributed by atoms with Gasteiger partial charge in [0.1, 0.15) is 38.1 Å². The summed E-state index contributed by atoms with van der Waals surface area (Å²) in [7, 11) is 0. The van der Waals surface area contributed by atoms with Gasteiger partial charge in [-0.05, 0) is 52.3 Å². The molecule has 0 aliphatic carbocycles. The zero-order valence-corrected chi connectivity index (χ0v) is 14.8. The first-order valence-corrected chi connectivity index (χ1v) is 8.45. The number of nitrogens with two attached hydrogens (primary N) is 1. The number of aliphatic hydroxyl groups excluding tert-OH is 1. The number of nitrogens with one attached hydrogen (secondary N) is 1. The molecule has 0 aliphatic heterocycles. The number of hydrogen-bond acceptors (Lipinski definition) is 2. The molecule has 1 atom stereocenters. The van der Waals surface area contributed by atoms with E-state index in [0.717, 1.165) is 18.8 Å². The minimum absolute atomic E-state index is 0.352. The van der Waals surface area contributed by atoms with Crippen molar-refractivity contribution in [3.8, 4) is 5.75 Å². The van der Waals surface area contributed by atoms with E-state index in [1.165, 1.54) is 5.56 Å². The molecular weight excluding hydrogens is 276 g/mol. The van der Waals surface area contributed by atoms with Crippen molar-refractivity contribution in [2.75, 3.05) is 26.2 Å². The summed E-state index contributed by atoms with van der Waals surface area (Å²) in [5.74, 6) is 0.828. The zero-order chi connectivity index (χ0) is 16.5. The molecule has 4 heteroatoms. The fourth-order valence-electron chi connectivity index (χ4n) is 2.79. The third-order valence-corrected chi connectivity index (χ3v) is 3.99. The molecule has 0 saturated carbocycles. The van der Waals surface area contributed by atoms with E-state index in [9.17, 15) is 5.11 Å². The Hall–Kier alpha value is -1.10. The molecule has 0 amide bonds. The highest BCUT2D eigenvalue weighted by Gasteiger charge is 2.17. The molecule has 1 aromatic carbocycles. The van der Waals surface area contributed by atoms with Crippen LogP contribution in [0.1, 0.15) is 33.3 Å². The van der Waals surface area contributed by atoms with Gasteiger partial charge in [-0.25, -0.2) is 0 Å². The second kappa shape index (κ2) is 9.82. The van der Waals surface area contributed by atoms with Crippen LogP contribution in [0.2, 0.25) is 0 Å². The van der Waals surface area contributed by atoms with E-state index in [4.69, 9.17) is 4.74 Å². The predicted octanol–water partition coefficient (Wildman–Crippen LogP) is -0.000180. The summed E-state index contributed by atoms with van der Waals surface area (Å²) in [4.78, 5) is 1.61. The summed E-state index contributed by atoms with van der Waals surface area (Å²) in [6, 6.07) is 9.21. The van der Waals surface area contributed by atoms with Gasteiger partial charge in [-0.3, -0.25) is 0 Å². The third kappa shape index (κ3) is 7.25. The molecular formula is C18H34N2O2+2. The van der Waals surface area contributed by atoms with Crippen LogP contribution in [-0.4, -0.2) is 49.5 Å². The number of quaternary nitrogens is 2. The Morgan fingerprint density at radius 3 is 2.45 bits per heavy atom. The van der Waals surface area contributed by atoms with Crippen molar-refractivity contribution in [2.24, 2.45) is 0 Å². The van der Waals surface area contributed by atoms with Crippen molar-refractivity contribution in [3.05, 3.63) is 29.8 Å². The van der Waals surface area contributed by atoms with Crippen molar-refractivity contribution < 1.29 is 20.1 Å². The molecule has 4 nitrogen and oxygen atoms in total. The van der Waals surface area contributed by atoms with Gasteiger partial charge >= 0.3 is 0 Å². The van der Waals surface area contributed by atoms with Gasteiger partial charge in [-0.2, -0.15) is 0 Å². The number of rotatable bonds is 10. The van der Waals surface area contributed by atoms with Gasteiger partial charge in [0.2, 0.25) is 0 Å². The van der Waals surface area contributed by atoms with Crippen molar-refractivity contribution in [1.82, 2.24) is 0 Å². The van der Waals surface area contributed by atoms with Crippen molar-refractivity contribution in [3.63, 3.8) is 0 Å². The Balaban J connectivity index is 2.19. The van der Waals surface area contributed by atoms with Crippen molar-refractivity contribution in [1.29, 1.82) is 0 Å². The van der Waals surface area contributed by atoms with Gasteiger partial charge in [-0.15, -0.1) is 0 Å². The molecule has 0 unspecified atom stereocenters. The Morgan fingerprint density at radius 2 is 1.86 bits per heavy atom. The standard InChI is InChI=1S/C18H32N2O2/c1-14(2)20(15(3)4)10-9-19-12-17(21)13-22-18-8-6-7-16(5)11-18/h6-8,11,14-15,17,19,21H,9-10,12-13H2,1-5H3/p+2/t17-/m0/s1. The van der Waals surface area contributed by atoms with Crippen LogP contribution in [-0.2, 0) is 0 Å². The number of aliphatic hydroxyl groups is 1. The van der Waals surface area contributed by atoms with Gasteiger partial charge in [0.25, 0.3) is 0 Å². The highest BCUT2D eigenvalue weighted by Crippen LogP contribution is 2.12. The Bertz CT molecular complexity index is 413. The molecule has 0 bridgehead atoms. The summed E-state index contributed by atoms with van der Waals surface area (Å²) in [5, 5.41) is 12.2. The predicted molar refractivity (Wildman–Crippen MR) is 90.4 cm³/mol. The summed E-state index contributed by atoms with van der Waals surface area (Å²) in [5.41, 5.74) is 1.17. The average molecular weight is 310 g/mol. The molecule has 0 aliphatic rings. The molecule has 0 spiro atoms. The van der Waals surface area contributed by atoms with E-state index in [0.29, 0.717) is 25.2 Å². The molecule has 4 N–H and O–H groups in total. The number of benzene rings is 1. The lowest BCUT2D eigenvalue weighted by atomic mass is 10.2. The SMILES string of the molecule is Cc1cccc(OC[C@@H](O)C[NH2+]CC[NH+](C(C)C)C(C)C)c1. The van der Waals surface area contributed by atoms with E-state index in [1.54, 1.807) is 4.90 Å². The molecule has 1 aromatic rings. The maximum absolute atomic E-state index is 10.0. The Kier molecular flexibility index (Phi) is 8.46. The van der Waals surface area contributed by atoms with E-state index < -0.39 is 6.10 Å². The fourth-order valence-corrected chi connectivity index (χ4v) is 2.79. The van der Waals surface area contributed by atoms with Gasteiger partial charge in [0.15, 0.2) is 0 Å². The zero-order valence-electron chi connectivity index (χ0n) is 14.8. The average Bonchev–Trinajstić information content (AvgIpc) is 2.44. The van der Waals surface area contributed by atoms with Gasteiger partial charge < -0.3 is 20.1 Å². The highest BCUT2D eigenvalue weighted by molar-refractivity contribution is 5.27. The van der Waals surface area contributed by atoms with Gasteiger partial charge in [-0.1, -0.05) is 12.1 Å². The first-order chi connectivity index (χ1) is 10.4. The monoisotopic (exact) mass is 310 g/mol. The largest absolute Gasteiger partial charge is 0.491 e. The number of hydrogen-bond donors (Lipinski definition) is 3. The quantitative estimate of drug-likeness (QED) is 0.533. The molecule has 0 aromatic heterocycles. The lowest BCUT2D eigenvalue weighted by molar-refractivity contribution is -0.952. The second-order valence-electron chi connectivity index (χ2n) is 6.73. The van der Waals surface area contributed by atoms with Crippen LogP contribution in [0.3, 0.4) is 0 Å². The topological polar surface area (TPSA) is 50.5 Å². The lowest BCUT2D eigenvalue weighted by Crippen LogP contribution is -3.19. The molecule has 0 heterocycles. The molecule has 0 fully saturated rings. The summed E-state index contributed by atoms with van der Waals surface area (Å²) < 4.78 is 5.63. The van der Waals surface area contributed by atoms with Gasteiger partial charge in [0, 0.05) is 0 Å². The van der Waals surface area contributed by atoms with Crippen molar-refractivity contribution >= 4 is 0 Å². The third-order valence-electron chi connectivity index (χ3n) is 3.99. The highest BCUT2D eigenvalue weighted by atomic mass is 16.5. The maximum Gasteiger partial charge on any atom is 0.137 e. The van der Waals surface area contributed by atoms with Crippen LogP contribution >= 0.6 is 0 Å². The second-order valence-corrected chi connectivity index (χ2v) is 6.73. The van der Waals surface area contributed by atoms with Crippen molar-refractivity contribution in [2.45, 2.75) is 52.8 Å². The van der Waals surface area contributed by atoms with E-state index in [-0.39, 0.29) is 0 Å². The fraction of sp³-hybridized carbons (Fsp3) is 0.667. The lowest BCUT2D eigenvalue weighted by Gasteiger charge is -2.26. The van der Waals surface area contributed by atoms with Gasteiger partial charge in [0.05, 0.1) is 12.1 Å². The van der Waals surface area contributed by atoms with E-state index in [1.807, 2.05) is 31.2 Å². The number of ether oxygens (including phenoxy) is 1. The minimum atomic E-state index is -0.429. The number of aryl methyl sites for hydroxylation is 1. The Labute approximate surface area is 135 Å². The first kappa shape index (κ1) is 18.9. The van der Waals surface area contributed by atoms with Crippen LogP contribution < -0.4 is 15.0 Å². The molecule has 0 saturated heterocycles. The maximum atomic E-state index is 10.0. The van der Waals surface area contributed by atoms with Crippen LogP contribution in [0.15, 0.2) is 24.3 Å². The molecule has 126 valence electrons. The smallest absolute Gasteiger partial charge is 0.137 e. The first-order valence-electron chi connectivity index (χ1n) is 8.45. The minimum Gasteiger partial charge on any atom is -0.491 e. The summed E-state index contributed by atoms with van der Waals surface area (Å²) in [6.07, 6.45) is -0.429. The van der Waals surface area contributed by atoms with E-state index in [2.05, 4.69) is 33.0 Å². The Morgan fingerprint density at radius 1 is 1.18 bits per heavy atom. The summed E-state index contributed by atoms with van der Waals surface area (Å²) in [6.45, 7) is 14.3. The summed E-state index contributed by atoms with van der Waals surface area (Å²) >= 11 is 0. The molecule has 1 rings (SSSR count). The normalized spacial score (nSPS) is 13.1. The van der Waals surface area contributed by atoms with Crippen LogP contribution in [0.25, 0.3) is 0 Å². The van der Waals surface area contributed by atoms with Crippen LogP contribution in [0.5, 0.6) is 5.75 Å². The van der Waals surface area contributed by atoms with Crippen LogP contribution in [0.4, 0.5) is 0 Å².